The normalized spacial score (nSPS) is 25.9. The summed E-state index contributed by atoms with van der Waals surface area (Å²) in [6, 6.07) is 0.640. The summed E-state index contributed by atoms with van der Waals surface area (Å²) in [4.78, 5) is 0. The van der Waals surface area contributed by atoms with Crippen molar-refractivity contribution < 1.29 is 0 Å². The second kappa shape index (κ2) is 4.07. The van der Waals surface area contributed by atoms with Gasteiger partial charge >= 0.3 is 0 Å². The molecule has 1 unspecified atom stereocenters. The molecule has 0 aromatic carbocycles. The monoisotopic (exact) mass is 158 g/mol. The topological polar surface area (TPSA) is 24.1 Å². The summed E-state index contributed by atoms with van der Waals surface area (Å²) in [5.74, 6) is 0. The zero-order valence-electron chi connectivity index (χ0n) is 7.20. The van der Waals surface area contributed by atoms with Gasteiger partial charge in [0.25, 0.3) is 0 Å². The number of rotatable bonds is 0. The molecule has 0 bridgehead atoms. The molecule has 1 aliphatic rings. The highest BCUT2D eigenvalue weighted by atomic mass is 15.1. The molecule has 0 spiro atoms. The molecule has 1 heterocycles. The van der Waals surface area contributed by atoms with Gasteiger partial charge in [-0.2, -0.15) is 0 Å². The summed E-state index contributed by atoms with van der Waals surface area (Å²) >= 11 is 0. The van der Waals surface area contributed by atoms with E-state index in [0.29, 0.717) is 11.5 Å². The Kier molecular flexibility index (Phi) is 4.04. The lowest BCUT2D eigenvalue weighted by molar-refractivity contribution is 0.239. The van der Waals surface area contributed by atoms with Crippen LogP contribution in [-0.4, -0.2) is 25.7 Å². The molecule has 0 radical (unpaired) electrons. The Bertz CT molecular complexity index is 98.6. The molecule has 2 heteroatoms. The highest BCUT2D eigenvalue weighted by Crippen LogP contribution is 2.19. The van der Waals surface area contributed by atoms with Gasteiger partial charge in [0.05, 0.1) is 0 Å². The average molecular weight is 158 g/mol. The van der Waals surface area contributed by atoms with Crippen molar-refractivity contribution >= 4 is 0 Å². The van der Waals surface area contributed by atoms with Crippen molar-refractivity contribution in [3.63, 3.8) is 0 Å². The van der Waals surface area contributed by atoms with Crippen LogP contribution in [0.3, 0.4) is 0 Å². The van der Waals surface area contributed by atoms with Gasteiger partial charge in [-0.25, -0.2) is 0 Å². The predicted octanol–water partition coefficient (Wildman–Crippen LogP) is 1.23. The Morgan fingerprint density at radius 2 is 1.82 bits per heavy atom. The summed E-state index contributed by atoms with van der Waals surface area (Å²) in [7, 11) is 0. The van der Waals surface area contributed by atoms with Crippen LogP contribution >= 0.6 is 0 Å². The third-order valence-electron chi connectivity index (χ3n) is 2.09. The van der Waals surface area contributed by atoms with Gasteiger partial charge in [-0.1, -0.05) is 28.2 Å². The highest BCUT2D eigenvalue weighted by Gasteiger charge is 2.24. The van der Waals surface area contributed by atoms with Crippen molar-refractivity contribution in [3.8, 4) is 0 Å². The molecule has 2 nitrogen and oxygen atoms in total. The Labute approximate surface area is 70.8 Å². The van der Waals surface area contributed by atoms with Crippen molar-refractivity contribution in [1.29, 1.82) is 0 Å². The van der Waals surface area contributed by atoms with Crippen LogP contribution in [0.1, 0.15) is 28.2 Å². The maximum absolute atomic E-state index is 3.50. The molecular weight excluding hydrogens is 136 g/mol. The van der Waals surface area contributed by atoms with Crippen molar-refractivity contribution in [2.45, 2.75) is 34.2 Å². The first-order valence-corrected chi connectivity index (χ1v) is 4.05. The molecular formula is C9H22N2. The highest BCUT2D eigenvalue weighted by molar-refractivity contribution is 4.85. The van der Waals surface area contributed by atoms with E-state index in [1.807, 2.05) is 0 Å². The Morgan fingerprint density at radius 3 is 2.09 bits per heavy atom. The molecule has 1 fully saturated rings. The van der Waals surface area contributed by atoms with Gasteiger partial charge in [-0.15, -0.1) is 0 Å². The van der Waals surface area contributed by atoms with E-state index in [4.69, 9.17) is 0 Å². The SMILES string of the molecule is C.CC(C)(C)C1CNCCN1. The van der Waals surface area contributed by atoms with Crippen LogP contribution in [0.5, 0.6) is 0 Å². The molecule has 2 N–H and O–H groups in total. The molecule has 1 saturated heterocycles. The first-order chi connectivity index (χ1) is 4.61. The average Bonchev–Trinajstić information content (AvgIpc) is 1.88. The summed E-state index contributed by atoms with van der Waals surface area (Å²) in [6.45, 7) is 10.2. The minimum Gasteiger partial charge on any atom is -0.314 e. The van der Waals surface area contributed by atoms with Gasteiger partial charge in [0.15, 0.2) is 0 Å². The quantitative estimate of drug-likeness (QED) is 0.554. The minimum absolute atomic E-state index is 0. The van der Waals surface area contributed by atoms with E-state index >= 15 is 0 Å². The molecule has 11 heavy (non-hydrogen) atoms. The molecule has 0 amide bonds. The van der Waals surface area contributed by atoms with Gasteiger partial charge in [0.1, 0.15) is 0 Å². The minimum atomic E-state index is 0. The lowest BCUT2D eigenvalue weighted by Gasteiger charge is -2.35. The van der Waals surface area contributed by atoms with Crippen LogP contribution in [0.25, 0.3) is 0 Å². The molecule has 1 aliphatic heterocycles. The van der Waals surface area contributed by atoms with Crippen LogP contribution < -0.4 is 10.6 Å². The number of hydrogen-bond acceptors (Lipinski definition) is 2. The fourth-order valence-corrected chi connectivity index (χ4v) is 1.27. The van der Waals surface area contributed by atoms with Gasteiger partial charge in [0, 0.05) is 25.7 Å². The Balaban J connectivity index is 0.000001000. The summed E-state index contributed by atoms with van der Waals surface area (Å²) < 4.78 is 0. The lowest BCUT2D eigenvalue weighted by atomic mass is 9.86. The molecule has 0 aliphatic carbocycles. The van der Waals surface area contributed by atoms with Crippen LogP contribution in [0.4, 0.5) is 0 Å². The van der Waals surface area contributed by atoms with Crippen LogP contribution in [-0.2, 0) is 0 Å². The van der Waals surface area contributed by atoms with Crippen molar-refractivity contribution in [1.82, 2.24) is 10.6 Å². The zero-order chi connectivity index (χ0) is 7.61. The van der Waals surface area contributed by atoms with Crippen molar-refractivity contribution in [2.24, 2.45) is 5.41 Å². The van der Waals surface area contributed by atoms with E-state index in [-0.39, 0.29) is 7.43 Å². The fourth-order valence-electron chi connectivity index (χ4n) is 1.27. The van der Waals surface area contributed by atoms with E-state index < -0.39 is 0 Å². The first-order valence-electron chi connectivity index (χ1n) is 4.05. The lowest BCUT2D eigenvalue weighted by Crippen LogP contribution is -2.54. The summed E-state index contributed by atoms with van der Waals surface area (Å²) in [5, 5.41) is 6.88. The van der Waals surface area contributed by atoms with E-state index in [0.717, 1.165) is 19.6 Å². The Morgan fingerprint density at radius 1 is 1.18 bits per heavy atom. The molecule has 68 valence electrons. The first kappa shape index (κ1) is 10.9. The molecule has 0 aromatic heterocycles. The van der Waals surface area contributed by atoms with Gasteiger partial charge in [-0.3, -0.25) is 0 Å². The van der Waals surface area contributed by atoms with Crippen LogP contribution in [0.2, 0.25) is 0 Å². The zero-order valence-corrected chi connectivity index (χ0v) is 7.20. The van der Waals surface area contributed by atoms with E-state index in [1.165, 1.54) is 0 Å². The fraction of sp³-hybridized carbons (Fsp3) is 1.00. The van der Waals surface area contributed by atoms with Crippen LogP contribution in [0, 0.1) is 5.41 Å². The smallest absolute Gasteiger partial charge is 0.0241 e. The van der Waals surface area contributed by atoms with Crippen molar-refractivity contribution in [3.05, 3.63) is 0 Å². The third kappa shape index (κ3) is 3.21. The van der Waals surface area contributed by atoms with E-state index in [1.54, 1.807) is 0 Å². The molecule has 1 atom stereocenters. The van der Waals surface area contributed by atoms with Gasteiger partial charge < -0.3 is 10.6 Å². The largest absolute Gasteiger partial charge is 0.314 e. The molecule has 0 saturated carbocycles. The van der Waals surface area contributed by atoms with Gasteiger partial charge in [-0.05, 0) is 5.41 Å². The van der Waals surface area contributed by atoms with Gasteiger partial charge in [0.2, 0.25) is 0 Å². The summed E-state index contributed by atoms with van der Waals surface area (Å²) in [5.41, 5.74) is 0.396. The second-order valence-corrected chi connectivity index (χ2v) is 4.08. The van der Waals surface area contributed by atoms with Crippen LogP contribution in [0.15, 0.2) is 0 Å². The van der Waals surface area contributed by atoms with Crippen molar-refractivity contribution in [2.75, 3.05) is 19.6 Å². The number of hydrogen-bond donors (Lipinski definition) is 2. The Hall–Kier alpha value is -0.0800. The second-order valence-electron chi connectivity index (χ2n) is 4.08. The predicted molar refractivity (Wildman–Crippen MR) is 50.8 cm³/mol. The molecule has 0 aromatic rings. The standard InChI is InChI=1S/C8H18N2.CH4/c1-8(2,3)7-6-9-4-5-10-7;/h7,9-10H,4-6H2,1-3H3;1H4. The summed E-state index contributed by atoms with van der Waals surface area (Å²) in [6.07, 6.45) is 0. The van der Waals surface area contributed by atoms with E-state index in [2.05, 4.69) is 31.4 Å². The molecule has 1 rings (SSSR count). The maximum Gasteiger partial charge on any atom is 0.0241 e. The maximum atomic E-state index is 3.50. The third-order valence-corrected chi connectivity index (χ3v) is 2.09. The number of nitrogens with one attached hydrogen (secondary N) is 2. The number of piperazine rings is 1. The van der Waals surface area contributed by atoms with E-state index in [9.17, 15) is 0 Å².